The summed E-state index contributed by atoms with van der Waals surface area (Å²) in [6, 6.07) is 0.417. The van der Waals surface area contributed by atoms with E-state index in [1.54, 1.807) is 11.3 Å². The van der Waals surface area contributed by atoms with E-state index in [4.69, 9.17) is 0 Å². The lowest BCUT2D eigenvalue weighted by atomic mass is 9.97. The molecule has 168 valence electrons. The zero-order valence-corrected chi connectivity index (χ0v) is 18.9. The first-order valence-corrected chi connectivity index (χ1v) is 12.2. The van der Waals surface area contributed by atoms with Gasteiger partial charge >= 0.3 is 0 Å². The normalized spacial score (nSPS) is 18.8. The summed E-state index contributed by atoms with van der Waals surface area (Å²) in [5, 5.41) is 6.40. The zero-order chi connectivity index (χ0) is 21.8. The lowest BCUT2D eigenvalue weighted by molar-refractivity contribution is -0.122. The number of aromatic nitrogens is 2. The van der Waals surface area contributed by atoms with E-state index in [1.807, 2.05) is 0 Å². The lowest BCUT2D eigenvalue weighted by Gasteiger charge is -2.22. The molecule has 4 rings (SSSR count). The van der Waals surface area contributed by atoms with Gasteiger partial charge in [0.15, 0.2) is 0 Å². The minimum atomic E-state index is -0.284. The molecule has 0 bridgehead atoms. The van der Waals surface area contributed by atoms with Crippen LogP contribution in [-0.4, -0.2) is 58.5 Å². The van der Waals surface area contributed by atoms with Crippen LogP contribution in [-0.2, 0) is 29.0 Å². The Morgan fingerprint density at radius 1 is 1.19 bits per heavy atom. The molecule has 1 aliphatic heterocycles. The number of amides is 2. The number of thiophene rings is 1. The second-order valence-corrected chi connectivity index (χ2v) is 9.48. The molecule has 0 saturated carbocycles. The zero-order valence-electron chi connectivity index (χ0n) is 18.1. The summed E-state index contributed by atoms with van der Waals surface area (Å²) in [6.45, 7) is 5.08. The van der Waals surface area contributed by atoms with E-state index in [2.05, 4.69) is 27.4 Å². The van der Waals surface area contributed by atoms with Crippen molar-refractivity contribution in [3.63, 3.8) is 0 Å². The SMILES string of the molecule is CCN1CCCC1CNC(=O)CCNC(=O)Cn1cnc2sc3c(c2c1=O)CCCC3. The molecule has 31 heavy (non-hydrogen) atoms. The van der Waals surface area contributed by atoms with Crippen molar-refractivity contribution in [3.05, 3.63) is 27.1 Å². The molecule has 1 unspecified atom stereocenters. The number of carbonyl (C=O) groups excluding carboxylic acids is 2. The fourth-order valence-electron chi connectivity index (χ4n) is 4.68. The molecule has 1 fully saturated rings. The maximum absolute atomic E-state index is 12.9. The molecular weight excluding hydrogens is 414 g/mol. The summed E-state index contributed by atoms with van der Waals surface area (Å²) in [5.41, 5.74) is 0.980. The van der Waals surface area contributed by atoms with Gasteiger partial charge in [-0.2, -0.15) is 0 Å². The van der Waals surface area contributed by atoms with Gasteiger partial charge in [-0.3, -0.25) is 23.9 Å². The highest BCUT2D eigenvalue weighted by Crippen LogP contribution is 2.33. The number of nitrogens with one attached hydrogen (secondary N) is 2. The summed E-state index contributed by atoms with van der Waals surface area (Å²) in [5.74, 6) is -0.346. The van der Waals surface area contributed by atoms with Crippen molar-refractivity contribution in [2.75, 3.05) is 26.2 Å². The highest BCUT2D eigenvalue weighted by molar-refractivity contribution is 7.18. The van der Waals surface area contributed by atoms with Gasteiger partial charge in [0.1, 0.15) is 11.4 Å². The van der Waals surface area contributed by atoms with Crippen LogP contribution in [0, 0.1) is 0 Å². The first kappa shape index (κ1) is 22.0. The number of likely N-dealkylation sites (tertiary alicyclic amines) is 1. The highest BCUT2D eigenvalue weighted by atomic mass is 32.1. The largest absolute Gasteiger partial charge is 0.354 e. The average molecular weight is 446 g/mol. The van der Waals surface area contributed by atoms with Gasteiger partial charge in [0, 0.05) is 30.4 Å². The van der Waals surface area contributed by atoms with Gasteiger partial charge in [0.25, 0.3) is 5.56 Å². The third kappa shape index (κ3) is 4.98. The highest BCUT2D eigenvalue weighted by Gasteiger charge is 2.23. The van der Waals surface area contributed by atoms with Gasteiger partial charge in [-0.1, -0.05) is 6.92 Å². The van der Waals surface area contributed by atoms with E-state index in [1.165, 1.54) is 22.2 Å². The van der Waals surface area contributed by atoms with E-state index >= 15 is 0 Å². The minimum absolute atomic E-state index is 0.0617. The van der Waals surface area contributed by atoms with Gasteiger partial charge < -0.3 is 10.6 Å². The van der Waals surface area contributed by atoms with Crippen molar-refractivity contribution in [2.45, 2.75) is 64.5 Å². The predicted octanol–water partition coefficient (Wildman–Crippen LogP) is 1.44. The number of hydrogen-bond donors (Lipinski definition) is 2. The molecule has 0 aromatic carbocycles. The number of likely N-dealkylation sites (N-methyl/N-ethyl adjacent to an activating group) is 1. The molecule has 0 spiro atoms. The Kier molecular flexibility index (Phi) is 7.02. The van der Waals surface area contributed by atoms with Crippen LogP contribution in [0.4, 0.5) is 0 Å². The Morgan fingerprint density at radius 3 is 2.87 bits per heavy atom. The Morgan fingerprint density at radius 2 is 2.03 bits per heavy atom. The summed E-state index contributed by atoms with van der Waals surface area (Å²) < 4.78 is 1.37. The summed E-state index contributed by atoms with van der Waals surface area (Å²) in [4.78, 5) is 46.2. The molecule has 2 aromatic rings. The molecule has 2 N–H and O–H groups in total. The fourth-order valence-corrected chi connectivity index (χ4v) is 5.90. The van der Waals surface area contributed by atoms with Crippen LogP contribution in [0.2, 0.25) is 0 Å². The maximum atomic E-state index is 12.9. The Balaban J connectivity index is 1.26. The monoisotopic (exact) mass is 445 g/mol. The van der Waals surface area contributed by atoms with E-state index in [-0.39, 0.29) is 36.9 Å². The number of fused-ring (bicyclic) bond motifs is 3. The minimum Gasteiger partial charge on any atom is -0.354 e. The van der Waals surface area contributed by atoms with Crippen molar-refractivity contribution in [1.82, 2.24) is 25.1 Å². The number of rotatable bonds is 8. The van der Waals surface area contributed by atoms with E-state index < -0.39 is 0 Å². The molecule has 0 radical (unpaired) electrons. The molecule has 1 aliphatic carbocycles. The van der Waals surface area contributed by atoms with Gasteiger partial charge in [-0.05, 0) is 57.2 Å². The van der Waals surface area contributed by atoms with Crippen LogP contribution in [0.1, 0.15) is 49.5 Å². The van der Waals surface area contributed by atoms with Gasteiger partial charge in [0.05, 0.1) is 11.7 Å². The van der Waals surface area contributed by atoms with Crippen molar-refractivity contribution >= 4 is 33.4 Å². The topological polar surface area (TPSA) is 96.3 Å². The fraction of sp³-hybridized carbons (Fsp3) is 0.636. The Hall–Kier alpha value is -2.26. The third-order valence-corrected chi connectivity index (χ3v) is 7.57. The third-order valence-electron chi connectivity index (χ3n) is 6.37. The summed E-state index contributed by atoms with van der Waals surface area (Å²) in [7, 11) is 0. The van der Waals surface area contributed by atoms with Crippen molar-refractivity contribution in [1.29, 1.82) is 0 Å². The predicted molar refractivity (Wildman–Crippen MR) is 121 cm³/mol. The van der Waals surface area contributed by atoms with Crippen LogP contribution in [0.15, 0.2) is 11.1 Å². The van der Waals surface area contributed by atoms with Crippen LogP contribution in [0.3, 0.4) is 0 Å². The van der Waals surface area contributed by atoms with E-state index in [0.29, 0.717) is 18.0 Å². The molecule has 1 atom stereocenters. The molecule has 9 heteroatoms. The molecule has 2 amide bonds. The number of aryl methyl sites for hydroxylation is 2. The number of carbonyl (C=O) groups is 2. The molecule has 2 aromatic heterocycles. The Labute approximate surface area is 186 Å². The van der Waals surface area contributed by atoms with Crippen LogP contribution in [0.25, 0.3) is 10.2 Å². The van der Waals surface area contributed by atoms with Crippen molar-refractivity contribution in [3.8, 4) is 0 Å². The first-order valence-electron chi connectivity index (χ1n) is 11.3. The summed E-state index contributed by atoms with van der Waals surface area (Å²) >= 11 is 1.60. The van der Waals surface area contributed by atoms with Crippen LogP contribution < -0.4 is 16.2 Å². The number of nitrogens with zero attached hydrogens (tertiary/aromatic N) is 3. The van der Waals surface area contributed by atoms with Crippen LogP contribution in [0.5, 0.6) is 0 Å². The maximum Gasteiger partial charge on any atom is 0.262 e. The molecule has 3 heterocycles. The van der Waals surface area contributed by atoms with Crippen molar-refractivity contribution < 1.29 is 9.59 Å². The van der Waals surface area contributed by atoms with Crippen molar-refractivity contribution in [2.24, 2.45) is 0 Å². The quantitative estimate of drug-likeness (QED) is 0.641. The molecule has 1 saturated heterocycles. The smallest absolute Gasteiger partial charge is 0.262 e. The Bertz CT molecular complexity index is 1010. The standard InChI is InChI=1S/C22H31N5O3S/c1-2-26-11-5-6-15(26)12-24-18(28)9-10-23-19(29)13-27-14-25-21-20(22(27)30)16-7-3-4-8-17(16)31-21/h14-15H,2-13H2,1H3,(H,23,29)(H,24,28). The van der Waals surface area contributed by atoms with E-state index in [9.17, 15) is 14.4 Å². The van der Waals surface area contributed by atoms with E-state index in [0.717, 1.165) is 55.6 Å². The molecule has 8 nitrogen and oxygen atoms in total. The summed E-state index contributed by atoms with van der Waals surface area (Å²) in [6.07, 6.45) is 8.15. The lowest BCUT2D eigenvalue weighted by Crippen LogP contribution is -2.41. The van der Waals surface area contributed by atoms with Gasteiger partial charge in [0.2, 0.25) is 11.8 Å². The average Bonchev–Trinajstić information content (AvgIpc) is 3.38. The second-order valence-electron chi connectivity index (χ2n) is 8.40. The second kappa shape index (κ2) is 9.91. The molecular formula is C22H31N5O3S. The molecule has 2 aliphatic rings. The first-order chi connectivity index (χ1) is 15.1. The van der Waals surface area contributed by atoms with Gasteiger partial charge in [-0.25, -0.2) is 4.98 Å². The van der Waals surface area contributed by atoms with Gasteiger partial charge in [-0.15, -0.1) is 11.3 Å². The van der Waals surface area contributed by atoms with Crippen LogP contribution >= 0.6 is 11.3 Å². The number of hydrogen-bond acceptors (Lipinski definition) is 6.